The molecule has 47 heavy (non-hydrogen) atoms. The van der Waals surface area contributed by atoms with Gasteiger partial charge in [-0.15, -0.1) is 0 Å². The molecule has 0 aromatic heterocycles. The molecule has 0 heterocycles. The fourth-order valence-corrected chi connectivity index (χ4v) is 4.92. The van der Waals surface area contributed by atoms with E-state index in [-0.39, 0.29) is 33.9 Å². The highest BCUT2D eigenvalue weighted by molar-refractivity contribution is 14.1. The number of alkyl halides is 1. The number of hydrogen-bond acceptors (Lipinski definition) is 6. The Morgan fingerprint density at radius 3 is 1.32 bits per heavy atom. The molecule has 0 saturated heterocycles. The zero-order chi connectivity index (χ0) is 35.5. The number of allylic oxidation sites excluding steroid dienone is 10. The molecule has 0 aliphatic rings. The van der Waals surface area contributed by atoms with E-state index in [1.807, 2.05) is 6.92 Å². The second kappa shape index (κ2) is 35.2. The molecule has 6 nitrogen and oxygen atoms in total. The third-order valence-electron chi connectivity index (χ3n) is 6.98. The van der Waals surface area contributed by atoms with Crippen LogP contribution in [0, 0.1) is 11.8 Å². The van der Waals surface area contributed by atoms with Gasteiger partial charge in [-0.3, -0.25) is 14.4 Å². The Kier molecular flexibility index (Phi) is 35.1. The Morgan fingerprint density at radius 2 is 0.936 bits per heavy atom. The van der Waals surface area contributed by atoms with Crippen molar-refractivity contribution in [2.75, 3.05) is 0 Å². The van der Waals surface area contributed by atoms with Gasteiger partial charge in [0.15, 0.2) is 0 Å². The molecule has 0 aliphatic heterocycles. The van der Waals surface area contributed by atoms with E-state index in [1.54, 1.807) is 6.92 Å². The molecule has 0 spiro atoms. The summed E-state index contributed by atoms with van der Waals surface area (Å²) < 4.78 is 15.7. The molecule has 7 heteroatoms. The minimum Gasteiger partial charge on any atom is -0.452 e. The van der Waals surface area contributed by atoms with E-state index in [2.05, 4.69) is 118 Å². The molecule has 0 aromatic carbocycles. The lowest BCUT2D eigenvalue weighted by molar-refractivity contribution is -0.187. The van der Waals surface area contributed by atoms with E-state index < -0.39 is 6.29 Å². The van der Waals surface area contributed by atoms with Gasteiger partial charge in [0.25, 0.3) is 0 Å². The summed E-state index contributed by atoms with van der Waals surface area (Å²) in [6, 6.07) is 0. The first kappa shape index (κ1) is 47.0. The number of carbonyl (C=O) groups is 3. The number of rotatable bonds is 26. The third kappa shape index (κ3) is 32.2. The molecule has 0 amide bonds. The van der Waals surface area contributed by atoms with Crippen LogP contribution in [-0.4, -0.2) is 28.3 Å². The van der Waals surface area contributed by atoms with E-state index >= 15 is 0 Å². The van der Waals surface area contributed by atoms with Crippen LogP contribution in [0.5, 0.6) is 0 Å². The highest BCUT2D eigenvalue weighted by atomic mass is 127. The summed E-state index contributed by atoms with van der Waals surface area (Å²) in [4.78, 5) is 35.7. The van der Waals surface area contributed by atoms with Crippen LogP contribution < -0.4 is 0 Å². The lowest BCUT2D eigenvalue weighted by Crippen LogP contribution is -2.26. The van der Waals surface area contributed by atoms with Crippen LogP contribution in [0.2, 0.25) is 0 Å². The van der Waals surface area contributed by atoms with E-state index in [9.17, 15) is 14.4 Å². The second-order valence-electron chi connectivity index (χ2n) is 11.6. The maximum absolute atomic E-state index is 12.2. The fourth-order valence-electron chi connectivity index (χ4n) is 4.67. The molecular formula is C40H67IO6. The van der Waals surface area contributed by atoms with Crippen molar-refractivity contribution >= 4 is 40.5 Å². The van der Waals surface area contributed by atoms with Crippen LogP contribution >= 0.6 is 22.6 Å². The number of carbonyl (C=O) groups excluding carboxylic acids is 3. The highest BCUT2D eigenvalue weighted by Crippen LogP contribution is 2.18. The Balaban J connectivity index is 0. The first-order chi connectivity index (χ1) is 22.7. The number of halogens is 1. The van der Waals surface area contributed by atoms with Crippen molar-refractivity contribution in [3.8, 4) is 0 Å². The first-order valence-corrected chi connectivity index (χ1v) is 19.4. The molecule has 2 unspecified atom stereocenters. The zero-order valence-corrected chi connectivity index (χ0v) is 32.9. The molecule has 0 N–H and O–H groups in total. The predicted octanol–water partition coefficient (Wildman–Crippen LogP) is 12.1. The van der Waals surface area contributed by atoms with E-state index in [1.165, 1.54) is 0 Å². The fraction of sp³-hybridized carbons (Fsp3) is 0.675. The second-order valence-corrected chi connectivity index (χ2v) is 13.4. The molecule has 0 saturated carbocycles. The molecule has 0 aliphatic carbocycles. The summed E-state index contributed by atoms with van der Waals surface area (Å²) in [5, 5.41) is 0. The summed E-state index contributed by atoms with van der Waals surface area (Å²) in [5.41, 5.74) is 0. The average Bonchev–Trinajstić information content (AvgIpc) is 3.02. The Hall–Kier alpha value is -2.16. The Morgan fingerprint density at radius 1 is 0.553 bits per heavy atom. The topological polar surface area (TPSA) is 78.9 Å². The summed E-state index contributed by atoms with van der Waals surface area (Å²) in [5.74, 6) is -0.595. The Labute approximate surface area is 302 Å². The van der Waals surface area contributed by atoms with Crippen LogP contribution in [0.3, 0.4) is 0 Å². The van der Waals surface area contributed by atoms with Gasteiger partial charge in [-0.05, 0) is 100 Å². The minimum atomic E-state index is -0.829. The monoisotopic (exact) mass is 770 g/mol. The zero-order valence-electron chi connectivity index (χ0n) is 30.7. The third-order valence-corrected chi connectivity index (χ3v) is 7.24. The first-order valence-electron chi connectivity index (χ1n) is 18.2. The van der Waals surface area contributed by atoms with Gasteiger partial charge in [0.05, 0.1) is 11.8 Å². The van der Waals surface area contributed by atoms with E-state index in [4.69, 9.17) is 14.2 Å². The molecule has 0 radical (unpaired) electrons. The number of esters is 3. The van der Waals surface area contributed by atoms with E-state index in [0.29, 0.717) is 6.42 Å². The van der Waals surface area contributed by atoms with Crippen molar-refractivity contribution in [2.24, 2.45) is 11.8 Å². The summed E-state index contributed by atoms with van der Waals surface area (Å²) in [7, 11) is 0. The van der Waals surface area contributed by atoms with Crippen LogP contribution in [0.25, 0.3) is 0 Å². The predicted molar refractivity (Wildman–Crippen MR) is 206 cm³/mol. The minimum absolute atomic E-state index is 0.0127. The average molecular weight is 771 g/mol. The largest absolute Gasteiger partial charge is 0.452 e. The van der Waals surface area contributed by atoms with Gasteiger partial charge >= 0.3 is 17.9 Å². The van der Waals surface area contributed by atoms with Crippen LogP contribution in [0.1, 0.15) is 151 Å². The smallest absolute Gasteiger partial charge is 0.311 e. The maximum atomic E-state index is 12.2. The molecule has 0 fully saturated rings. The van der Waals surface area contributed by atoms with Crippen molar-refractivity contribution in [2.45, 2.75) is 162 Å². The van der Waals surface area contributed by atoms with Crippen LogP contribution in [0.4, 0.5) is 0 Å². The van der Waals surface area contributed by atoms with Crippen molar-refractivity contribution < 1.29 is 28.6 Å². The SMILES string of the molecule is CC/C=C\C/C=C\C/C=C\C/C=C\C/C=C\CCCC(=O)OC(C)OC(=O)C(CCC)CCC.CCCC(CCC)C(=O)OC(C)I. The molecule has 270 valence electrons. The molecular weight excluding hydrogens is 703 g/mol. The molecule has 0 aromatic rings. The molecule has 0 rings (SSSR count). The van der Waals surface area contributed by atoms with Crippen LogP contribution in [0.15, 0.2) is 60.8 Å². The van der Waals surface area contributed by atoms with Gasteiger partial charge in [0.1, 0.15) is 4.11 Å². The van der Waals surface area contributed by atoms with Gasteiger partial charge in [-0.2, -0.15) is 0 Å². The summed E-state index contributed by atoms with van der Waals surface area (Å²) in [6.07, 6.45) is 35.1. The number of ether oxygens (including phenoxy) is 3. The Bertz CT molecular complexity index is 906. The van der Waals surface area contributed by atoms with Crippen molar-refractivity contribution in [1.82, 2.24) is 0 Å². The summed E-state index contributed by atoms with van der Waals surface area (Å²) in [6.45, 7) is 13.9. The highest BCUT2D eigenvalue weighted by Gasteiger charge is 2.22. The number of hydrogen-bond donors (Lipinski definition) is 0. The van der Waals surface area contributed by atoms with Crippen LogP contribution in [-0.2, 0) is 28.6 Å². The van der Waals surface area contributed by atoms with Crippen molar-refractivity contribution in [3.63, 3.8) is 0 Å². The van der Waals surface area contributed by atoms with Gasteiger partial charge in [0, 0.05) is 13.3 Å². The van der Waals surface area contributed by atoms with Crippen molar-refractivity contribution in [3.05, 3.63) is 60.8 Å². The normalized spacial score (nSPS) is 13.2. The molecule has 2 atom stereocenters. The quantitative estimate of drug-likeness (QED) is 0.0218. The lowest BCUT2D eigenvalue weighted by atomic mass is 9.99. The standard InChI is InChI=1S/C30H48O4.C10H19IO2/c1-5-8-9-10-11-12-13-14-15-16-17-18-19-20-21-22-23-26-29(31)33-27(4)34-30(32)28(24-6-2)25-7-3;1-4-6-9(7-5-2)10(12)13-8(3)11/h8-9,11-12,14-15,17-18,20-21,27-28H,5-7,10,13,16,19,22-26H2,1-4H3;8-9H,4-7H2,1-3H3/b9-8-,12-11-,15-14-,18-17-,21-20-;. The van der Waals surface area contributed by atoms with Gasteiger partial charge in [0.2, 0.25) is 6.29 Å². The number of unbranched alkanes of at least 4 members (excludes halogenated alkanes) is 1. The van der Waals surface area contributed by atoms with E-state index in [0.717, 1.165) is 96.3 Å². The van der Waals surface area contributed by atoms with Gasteiger partial charge in [-0.25, -0.2) is 0 Å². The summed E-state index contributed by atoms with van der Waals surface area (Å²) >= 11 is 2.10. The van der Waals surface area contributed by atoms with Crippen molar-refractivity contribution in [1.29, 1.82) is 0 Å². The molecule has 0 bridgehead atoms. The maximum Gasteiger partial charge on any atom is 0.311 e. The lowest BCUT2D eigenvalue weighted by Gasteiger charge is -2.18. The van der Waals surface area contributed by atoms with Gasteiger partial charge in [-0.1, -0.05) is 121 Å². The van der Waals surface area contributed by atoms with Gasteiger partial charge < -0.3 is 14.2 Å².